The lowest BCUT2D eigenvalue weighted by Crippen LogP contribution is -2.04. The molecular weight excluding hydrogens is 241 g/mol. The van der Waals surface area contributed by atoms with Crippen LogP contribution in [-0.2, 0) is 6.54 Å². The number of aryl methyl sites for hydroxylation is 2. The summed E-state index contributed by atoms with van der Waals surface area (Å²) in [6.07, 6.45) is 0. The van der Waals surface area contributed by atoms with Crippen molar-refractivity contribution in [2.75, 3.05) is 17.7 Å². The van der Waals surface area contributed by atoms with Crippen molar-refractivity contribution in [2.24, 2.45) is 0 Å². The van der Waals surface area contributed by atoms with Gasteiger partial charge in [-0.3, -0.25) is 0 Å². The number of anilines is 2. The third-order valence-corrected chi connectivity index (χ3v) is 2.98. The molecule has 0 saturated heterocycles. The molecule has 1 heterocycles. The van der Waals surface area contributed by atoms with Gasteiger partial charge in [-0.25, -0.2) is 9.37 Å². The van der Waals surface area contributed by atoms with Crippen LogP contribution >= 0.6 is 0 Å². The highest BCUT2D eigenvalue weighted by Crippen LogP contribution is 2.16. The van der Waals surface area contributed by atoms with Gasteiger partial charge in [-0.2, -0.15) is 0 Å². The summed E-state index contributed by atoms with van der Waals surface area (Å²) in [4.78, 5) is 4.37. The van der Waals surface area contributed by atoms with Crippen LogP contribution in [0.25, 0.3) is 0 Å². The van der Waals surface area contributed by atoms with E-state index < -0.39 is 0 Å². The Labute approximate surface area is 112 Å². The lowest BCUT2D eigenvalue weighted by atomic mass is 10.1. The molecule has 0 aliphatic carbocycles. The molecular formula is C15H18FN3. The summed E-state index contributed by atoms with van der Waals surface area (Å²) >= 11 is 0. The average molecular weight is 259 g/mol. The van der Waals surface area contributed by atoms with Gasteiger partial charge in [0.15, 0.2) is 0 Å². The monoisotopic (exact) mass is 259 g/mol. The van der Waals surface area contributed by atoms with Gasteiger partial charge in [-0.1, -0.05) is 18.2 Å². The Kier molecular flexibility index (Phi) is 4.00. The quantitative estimate of drug-likeness (QED) is 0.882. The molecule has 1 aromatic heterocycles. The van der Waals surface area contributed by atoms with Gasteiger partial charge in [0.2, 0.25) is 0 Å². The zero-order valence-electron chi connectivity index (χ0n) is 11.4. The third-order valence-electron chi connectivity index (χ3n) is 2.98. The molecule has 0 amide bonds. The van der Waals surface area contributed by atoms with Crippen LogP contribution in [-0.4, -0.2) is 12.0 Å². The molecule has 0 radical (unpaired) electrons. The van der Waals surface area contributed by atoms with Gasteiger partial charge in [0.1, 0.15) is 17.5 Å². The highest BCUT2D eigenvalue weighted by molar-refractivity contribution is 5.45. The van der Waals surface area contributed by atoms with Gasteiger partial charge < -0.3 is 10.6 Å². The third kappa shape index (κ3) is 3.22. The molecule has 0 fully saturated rings. The predicted molar refractivity (Wildman–Crippen MR) is 77.0 cm³/mol. The highest BCUT2D eigenvalue weighted by atomic mass is 19.1. The van der Waals surface area contributed by atoms with E-state index in [0.29, 0.717) is 17.7 Å². The van der Waals surface area contributed by atoms with Gasteiger partial charge >= 0.3 is 0 Å². The number of hydrogen-bond donors (Lipinski definition) is 2. The highest BCUT2D eigenvalue weighted by Gasteiger charge is 2.04. The average Bonchev–Trinajstić information content (AvgIpc) is 2.42. The van der Waals surface area contributed by atoms with Crippen LogP contribution < -0.4 is 10.6 Å². The second-order valence-corrected chi connectivity index (χ2v) is 4.56. The zero-order chi connectivity index (χ0) is 13.8. The first-order valence-electron chi connectivity index (χ1n) is 6.24. The smallest absolute Gasteiger partial charge is 0.129 e. The maximum absolute atomic E-state index is 13.5. The molecule has 2 aromatic rings. The number of halogens is 1. The molecule has 1 aromatic carbocycles. The van der Waals surface area contributed by atoms with Crippen molar-refractivity contribution >= 4 is 11.6 Å². The minimum absolute atomic E-state index is 0.126. The Morgan fingerprint density at radius 2 is 1.74 bits per heavy atom. The molecule has 0 saturated carbocycles. The SMILES string of the molecule is CNc1cccc(NCc2cc(C)c(F)c(C)c2)n1. The van der Waals surface area contributed by atoms with E-state index >= 15 is 0 Å². The normalized spacial score (nSPS) is 10.3. The first-order valence-corrected chi connectivity index (χ1v) is 6.24. The van der Waals surface area contributed by atoms with Gasteiger partial charge in [-0.15, -0.1) is 0 Å². The van der Waals surface area contributed by atoms with Gasteiger partial charge in [-0.05, 0) is 42.7 Å². The Bertz CT molecular complexity index is 558. The van der Waals surface area contributed by atoms with E-state index in [0.717, 1.165) is 17.2 Å². The number of benzene rings is 1. The second-order valence-electron chi connectivity index (χ2n) is 4.56. The van der Waals surface area contributed by atoms with E-state index in [4.69, 9.17) is 0 Å². The topological polar surface area (TPSA) is 37.0 Å². The molecule has 2 rings (SSSR count). The molecule has 0 unspecified atom stereocenters. The van der Waals surface area contributed by atoms with Gasteiger partial charge in [0, 0.05) is 13.6 Å². The number of nitrogens with zero attached hydrogens (tertiary/aromatic N) is 1. The van der Waals surface area contributed by atoms with Crippen LogP contribution in [0.3, 0.4) is 0 Å². The number of nitrogens with one attached hydrogen (secondary N) is 2. The molecule has 100 valence electrons. The van der Waals surface area contributed by atoms with Crippen molar-refractivity contribution in [3.63, 3.8) is 0 Å². The van der Waals surface area contributed by atoms with E-state index in [-0.39, 0.29) is 5.82 Å². The molecule has 0 spiro atoms. The Morgan fingerprint density at radius 3 is 2.37 bits per heavy atom. The fraction of sp³-hybridized carbons (Fsp3) is 0.267. The summed E-state index contributed by atoms with van der Waals surface area (Å²) in [6.45, 7) is 4.19. The van der Waals surface area contributed by atoms with Crippen LogP contribution in [0.2, 0.25) is 0 Å². The molecule has 0 aliphatic heterocycles. The Hall–Kier alpha value is -2.10. The summed E-state index contributed by atoms with van der Waals surface area (Å²) in [6, 6.07) is 9.46. The van der Waals surface area contributed by atoms with Crippen LogP contribution in [0.5, 0.6) is 0 Å². The first kappa shape index (κ1) is 13.3. The van der Waals surface area contributed by atoms with E-state index in [9.17, 15) is 4.39 Å². The second kappa shape index (κ2) is 5.69. The van der Waals surface area contributed by atoms with Crippen molar-refractivity contribution in [2.45, 2.75) is 20.4 Å². The lowest BCUT2D eigenvalue weighted by molar-refractivity contribution is 0.608. The van der Waals surface area contributed by atoms with Crippen molar-refractivity contribution in [3.05, 3.63) is 52.8 Å². The summed E-state index contributed by atoms with van der Waals surface area (Å²) in [5, 5.41) is 6.23. The molecule has 0 atom stereocenters. The van der Waals surface area contributed by atoms with E-state index in [1.54, 1.807) is 13.8 Å². The summed E-state index contributed by atoms with van der Waals surface area (Å²) in [7, 11) is 1.83. The maximum Gasteiger partial charge on any atom is 0.129 e. The zero-order valence-corrected chi connectivity index (χ0v) is 11.4. The number of pyridine rings is 1. The van der Waals surface area contributed by atoms with Crippen LogP contribution in [0.4, 0.5) is 16.0 Å². The fourth-order valence-electron chi connectivity index (χ4n) is 2.00. The van der Waals surface area contributed by atoms with Gasteiger partial charge in [0.25, 0.3) is 0 Å². The lowest BCUT2D eigenvalue weighted by Gasteiger charge is -2.09. The number of rotatable bonds is 4. The number of hydrogen-bond acceptors (Lipinski definition) is 3. The predicted octanol–water partition coefficient (Wildman–Crippen LogP) is 3.49. The van der Waals surface area contributed by atoms with Crippen LogP contribution in [0.15, 0.2) is 30.3 Å². The molecule has 4 heteroatoms. The fourth-order valence-corrected chi connectivity index (χ4v) is 2.00. The summed E-state index contributed by atoms with van der Waals surface area (Å²) < 4.78 is 13.5. The minimum atomic E-state index is -0.126. The molecule has 3 nitrogen and oxygen atoms in total. The Morgan fingerprint density at radius 1 is 1.11 bits per heavy atom. The number of aromatic nitrogens is 1. The molecule has 2 N–H and O–H groups in total. The standard InChI is InChI=1S/C15H18FN3/c1-10-7-12(8-11(2)15(10)16)9-18-14-6-4-5-13(17-3)19-14/h4-8H,9H2,1-3H3,(H2,17,18,19). The Balaban J connectivity index is 2.10. The molecule has 19 heavy (non-hydrogen) atoms. The van der Waals surface area contributed by atoms with E-state index in [1.807, 2.05) is 37.4 Å². The van der Waals surface area contributed by atoms with Crippen LogP contribution in [0, 0.1) is 19.7 Å². The molecule has 0 bridgehead atoms. The van der Waals surface area contributed by atoms with E-state index in [1.165, 1.54) is 0 Å². The van der Waals surface area contributed by atoms with Crippen molar-refractivity contribution in [1.82, 2.24) is 4.98 Å². The van der Waals surface area contributed by atoms with Crippen molar-refractivity contribution in [3.8, 4) is 0 Å². The van der Waals surface area contributed by atoms with Crippen LogP contribution in [0.1, 0.15) is 16.7 Å². The van der Waals surface area contributed by atoms with E-state index in [2.05, 4.69) is 15.6 Å². The largest absolute Gasteiger partial charge is 0.373 e. The summed E-state index contributed by atoms with van der Waals surface area (Å²) in [5.74, 6) is 1.49. The van der Waals surface area contributed by atoms with Crippen molar-refractivity contribution < 1.29 is 4.39 Å². The maximum atomic E-state index is 13.5. The summed E-state index contributed by atoms with van der Waals surface area (Å²) in [5.41, 5.74) is 2.40. The van der Waals surface area contributed by atoms with Gasteiger partial charge in [0.05, 0.1) is 0 Å². The van der Waals surface area contributed by atoms with Crippen molar-refractivity contribution in [1.29, 1.82) is 0 Å². The minimum Gasteiger partial charge on any atom is -0.373 e. The first-order chi connectivity index (χ1) is 9.10. The molecule has 0 aliphatic rings.